The van der Waals surface area contributed by atoms with Crippen molar-refractivity contribution in [3.8, 4) is 0 Å². The standard InChI is InChI=1S/C24H20/c1-2-4-6-8-10-14-22-16-12-18-24(20-22)23-17-11-15-21(19-23)13-9-7-5-3-1/h1-20H. The predicted octanol–water partition coefficient (Wildman–Crippen LogP) is 6.80. The van der Waals surface area contributed by atoms with Crippen LogP contribution in [-0.2, 0) is 0 Å². The van der Waals surface area contributed by atoms with Crippen LogP contribution in [0.25, 0.3) is 21.5 Å². The van der Waals surface area contributed by atoms with Gasteiger partial charge in [0.05, 0.1) is 0 Å². The van der Waals surface area contributed by atoms with Crippen LogP contribution in [0.2, 0.25) is 0 Å². The third-order valence-electron chi connectivity index (χ3n) is 3.68. The predicted molar refractivity (Wildman–Crippen MR) is 106 cm³/mol. The van der Waals surface area contributed by atoms with Crippen LogP contribution >= 0.6 is 0 Å². The third kappa shape index (κ3) is 4.69. The molecule has 0 saturated heterocycles. The Morgan fingerprint density at radius 1 is 0.292 bits per heavy atom. The highest BCUT2D eigenvalue weighted by molar-refractivity contribution is 5.87. The summed E-state index contributed by atoms with van der Waals surface area (Å²) in [6.45, 7) is 0. The summed E-state index contributed by atoms with van der Waals surface area (Å²) in [7, 11) is 0. The van der Waals surface area contributed by atoms with Gasteiger partial charge in [-0.25, -0.2) is 0 Å². The summed E-state index contributed by atoms with van der Waals surface area (Å²) in [6.07, 6.45) is 0. The SMILES string of the molecule is c1ccccccc2cccc(c2)c2cccc(ccccc1)c2. The van der Waals surface area contributed by atoms with E-state index in [0.717, 1.165) is 0 Å². The largest absolute Gasteiger partial charge is 0.0623 e. The zero-order valence-corrected chi connectivity index (χ0v) is 13.5. The van der Waals surface area contributed by atoms with E-state index in [2.05, 4.69) is 72.8 Å². The minimum Gasteiger partial charge on any atom is -0.0623 e. The molecule has 0 atom stereocenters. The second-order valence-electron chi connectivity index (χ2n) is 5.51. The summed E-state index contributed by atoms with van der Waals surface area (Å²) < 4.78 is 0. The van der Waals surface area contributed by atoms with E-state index in [1.807, 2.05) is 48.5 Å². The maximum absolute atomic E-state index is 2.22. The van der Waals surface area contributed by atoms with Crippen molar-refractivity contribution in [2.45, 2.75) is 0 Å². The minimum absolute atomic E-state index is 1.20. The molecule has 0 N–H and O–H groups in total. The first-order valence-electron chi connectivity index (χ1n) is 8.14. The molecule has 4 bridgehead atoms. The van der Waals surface area contributed by atoms with Crippen molar-refractivity contribution in [2.24, 2.45) is 0 Å². The van der Waals surface area contributed by atoms with Gasteiger partial charge >= 0.3 is 0 Å². The van der Waals surface area contributed by atoms with E-state index < -0.39 is 0 Å². The summed E-state index contributed by atoms with van der Waals surface area (Å²) in [5, 5.41) is 4.86. The fraction of sp³-hybridized carbons (Fsp3) is 0. The van der Waals surface area contributed by atoms with Crippen LogP contribution in [0.1, 0.15) is 0 Å². The average Bonchev–Trinajstić information content (AvgIpc) is 2.62. The van der Waals surface area contributed by atoms with Crippen LogP contribution in [0.5, 0.6) is 0 Å². The molecule has 116 valence electrons. The molecular weight excluding hydrogens is 288 g/mol. The monoisotopic (exact) mass is 308 g/mol. The maximum Gasteiger partial charge on any atom is -0.0178 e. The Morgan fingerprint density at radius 3 is 1.04 bits per heavy atom. The lowest BCUT2D eigenvalue weighted by Gasteiger charge is -1.95. The molecule has 3 aromatic carbocycles. The topological polar surface area (TPSA) is 0 Å². The fourth-order valence-corrected chi connectivity index (χ4v) is 2.49. The van der Waals surface area contributed by atoms with Gasteiger partial charge in [-0.1, -0.05) is 109 Å². The molecular formula is C24H20. The molecule has 24 heavy (non-hydrogen) atoms. The Balaban J connectivity index is 2.25. The van der Waals surface area contributed by atoms with Crippen LogP contribution < -0.4 is 0 Å². The molecule has 0 nitrogen and oxygen atoms in total. The number of hydrogen-bond donors (Lipinski definition) is 0. The van der Waals surface area contributed by atoms with Crippen molar-refractivity contribution in [3.63, 3.8) is 0 Å². The Morgan fingerprint density at radius 2 is 0.625 bits per heavy atom. The quantitative estimate of drug-likeness (QED) is 0.428. The van der Waals surface area contributed by atoms with E-state index in [1.165, 1.54) is 21.5 Å². The Kier molecular flexibility index (Phi) is 5.58. The summed E-state index contributed by atoms with van der Waals surface area (Å²) in [5.41, 5.74) is 0. The lowest BCUT2D eigenvalue weighted by Crippen LogP contribution is -1.69. The molecule has 3 rings (SSSR count). The number of benzene rings is 2. The van der Waals surface area contributed by atoms with Gasteiger partial charge in [0.15, 0.2) is 0 Å². The third-order valence-corrected chi connectivity index (χ3v) is 3.68. The van der Waals surface area contributed by atoms with Crippen molar-refractivity contribution in [3.05, 3.63) is 121 Å². The van der Waals surface area contributed by atoms with Crippen LogP contribution in [-0.4, -0.2) is 0 Å². The van der Waals surface area contributed by atoms with Crippen molar-refractivity contribution < 1.29 is 0 Å². The van der Waals surface area contributed by atoms with E-state index in [9.17, 15) is 0 Å². The number of hydrogen-bond acceptors (Lipinski definition) is 0. The fourth-order valence-electron chi connectivity index (χ4n) is 2.49. The molecule has 0 aliphatic heterocycles. The molecule has 0 heterocycles. The van der Waals surface area contributed by atoms with Gasteiger partial charge in [-0.2, -0.15) is 0 Å². The normalized spacial score (nSPS) is 9.67. The lowest BCUT2D eigenvalue weighted by atomic mass is 10.1. The zero-order valence-electron chi connectivity index (χ0n) is 13.5. The van der Waals surface area contributed by atoms with Crippen LogP contribution in [0, 0.1) is 0 Å². The highest BCUT2D eigenvalue weighted by Gasteiger charge is 1.89. The van der Waals surface area contributed by atoms with Crippen molar-refractivity contribution in [1.82, 2.24) is 0 Å². The smallest absolute Gasteiger partial charge is 0.0178 e. The molecule has 0 unspecified atom stereocenters. The molecule has 0 spiro atoms. The lowest BCUT2D eigenvalue weighted by molar-refractivity contribution is 1.74. The second-order valence-corrected chi connectivity index (χ2v) is 5.51. The Bertz CT molecular complexity index is 887. The van der Waals surface area contributed by atoms with E-state index in [1.54, 1.807) is 0 Å². The number of fused-ring (bicyclic) bond motifs is 5. The average molecular weight is 308 g/mol. The molecule has 0 amide bonds. The Hall–Kier alpha value is -3.12. The molecule has 0 saturated carbocycles. The van der Waals surface area contributed by atoms with E-state index in [-0.39, 0.29) is 0 Å². The maximum atomic E-state index is 2.22. The van der Waals surface area contributed by atoms with Crippen LogP contribution in [0.3, 0.4) is 0 Å². The summed E-state index contributed by atoms with van der Waals surface area (Å²) >= 11 is 0. The molecule has 3 aromatic rings. The molecule has 0 aromatic heterocycles. The highest BCUT2D eigenvalue weighted by atomic mass is 13.9. The Labute approximate surface area is 143 Å². The van der Waals surface area contributed by atoms with Gasteiger partial charge in [-0.3, -0.25) is 0 Å². The van der Waals surface area contributed by atoms with Crippen molar-refractivity contribution in [1.29, 1.82) is 0 Å². The van der Waals surface area contributed by atoms with Gasteiger partial charge < -0.3 is 0 Å². The number of rotatable bonds is 0. The van der Waals surface area contributed by atoms with Crippen LogP contribution in [0.15, 0.2) is 121 Å². The van der Waals surface area contributed by atoms with Gasteiger partial charge in [0, 0.05) is 0 Å². The van der Waals surface area contributed by atoms with Crippen LogP contribution in [0.4, 0.5) is 0 Å². The van der Waals surface area contributed by atoms with Gasteiger partial charge in [0.2, 0.25) is 0 Å². The molecule has 0 heteroatoms. The highest BCUT2D eigenvalue weighted by Crippen LogP contribution is 2.15. The summed E-state index contributed by atoms with van der Waals surface area (Å²) in [5.74, 6) is 0. The summed E-state index contributed by atoms with van der Waals surface area (Å²) in [4.78, 5) is 0. The van der Waals surface area contributed by atoms with Gasteiger partial charge in [-0.05, 0) is 33.7 Å². The van der Waals surface area contributed by atoms with E-state index in [4.69, 9.17) is 0 Å². The first-order chi connectivity index (χ1) is 11.9. The second kappa shape index (κ2) is 8.50. The van der Waals surface area contributed by atoms with Gasteiger partial charge in [0.1, 0.15) is 0 Å². The van der Waals surface area contributed by atoms with E-state index >= 15 is 0 Å². The van der Waals surface area contributed by atoms with Crippen molar-refractivity contribution >= 4 is 21.5 Å². The van der Waals surface area contributed by atoms with Gasteiger partial charge in [-0.15, -0.1) is 0 Å². The van der Waals surface area contributed by atoms with E-state index in [0.29, 0.717) is 0 Å². The molecule has 0 fully saturated rings. The summed E-state index contributed by atoms with van der Waals surface area (Å²) in [6, 6.07) is 41.8. The first kappa shape index (κ1) is 15.8. The van der Waals surface area contributed by atoms with Gasteiger partial charge in [0.25, 0.3) is 0 Å². The first-order valence-corrected chi connectivity index (χ1v) is 8.14. The molecule has 0 aliphatic carbocycles. The van der Waals surface area contributed by atoms with Crippen molar-refractivity contribution in [2.75, 3.05) is 0 Å². The minimum atomic E-state index is 1.20. The molecule has 0 radical (unpaired) electrons. The molecule has 0 aliphatic rings. The zero-order chi connectivity index (χ0) is 16.5.